The van der Waals surface area contributed by atoms with Crippen LogP contribution in [0.3, 0.4) is 0 Å². The molecule has 11 heteroatoms. The van der Waals surface area contributed by atoms with Crippen LogP contribution in [0.1, 0.15) is 79.2 Å². The highest BCUT2D eigenvalue weighted by Crippen LogP contribution is 2.38. The van der Waals surface area contributed by atoms with Gasteiger partial charge in [0.05, 0.1) is 29.5 Å². The van der Waals surface area contributed by atoms with Gasteiger partial charge in [-0.05, 0) is 37.5 Å². The van der Waals surface area contributed by atoms with E-state index >= 15 is 0 Å². The summed E-state index contributed by atoms with van der Waals surface area (Å²) in [5.74, 6) is -1.51. The number of nitrogens with one attached hydrogen (secondary N) is 1. The monoisotopic (exact) mass is 603 g/mol. The van der Waals surface area contributed by atoms with Crippen LogP contribution in [-0.4, -0.2) is 42.2 Å². The van der Waals surface area contributed by atoms with Crippen LogP contribution in [0.15, 0.2) is 58.9 Å². The SMILES string of the molecule is CCC/C=C\C(=C(/N=C(C)Nc1cc(F)c(C(=O)CCCC)cc1OC)Oc1cccc2c1C(=O)N(C)C2)C(F)(F)P. The number of alkyl halides is 2. The number of hydrogen-bond acceptors (Lipinski definition) is 5. The number of carbonyl (C=O) groups excluding carboxylic acids is 2. The molecule has 0 saturated heterocycles. The second-order valence-electron chi connectivity index (χ2n) is 9.97. The first-order chi connectivity index (χ1) is 19.9. The Morgan fingerprint density at radius 3 is 2.60 bits per heavy atom. The largest absolute Gasteiger partial charge is 0.495 e. The molecule has 1 N–H and O–H groups in total. The summed E-state index contributed by atoms with van der Waals surface area (Å²) in [6, 6.07) is 7.38. The Balaban J connectivity index is 2.09. The molecule has 7 nitrogen and oxygen atoms in total. The van der Waals surface area contributed by atoms with Crippen molar-refractivity contribution in [1.82, 2.24) is 4.90 Å². The molecule has 0 aromatic heterocycles. The molecule has 1 atom stereocenters. The van der Waals surface area contributed by atoms with Crippen LogP contribution in [-0.2, 0) is 6.54 Å². The summed E-state index contributed by atoms with van der Waals surface area (Å²) >= 11 is 0. The van der Waals surface area contributed by atoms with Gasteiger partial charge in [-0.15, -0.1) is 0 Å². The van der Waals surface area contributed by atoms with Gasteiger partial charge in [-0.1, -0.05) is 60.2 Å². The third kappa shape index (κ3) is 8.00. The molecule has 0 bridgehead atoms. The smallest absolute Gasteiger partial charge is 0.289 e. The van der Waals surface area contributed by atoms with Crippen molar-refractivity contribution in [1.29, 1.82) is 0 Å². The van der Waals surface area contributed by atoms with Crippen molar-refractivity contribution in [2.75, 3.05) is 19.5 Å². The van der Waals surface area contributed by atoms with Crippen LogP contribution in [0.4, 0.5) is 18.9 Å². The number of carbonyl (C=O) groups is 2. The van der Waals surface area contributed by atoms with E-state index in [-0.39, 0.29) is 52.3 Å². The maximum Gasteiger partial charge on any atom is 0.289 e. The topological polar surface area (TPSA) is 80.2 Å². The fourth-order valence-electron chi connectivity index (χ4n) is 4.37. The molecule has 1 aliphatic heterocycles. The van der Waals surface area contributed by atoms with Gasteiger partial charge in [0.1, 0.15) is 23.2 Å². The van der Waals surface area contributed by atoms with E-state index in [9.17, 15) is 22.8 Å². The normalized spacial score (nSPS) is 14.3. The van der Waals surface area contributed by atoms with Crippen molar-refractivity contribution in [3.05, 3.63) is 76.4 Å². The molecule has 1 heterocycles. The Labute approximate surface area is 247 Å². The van der Waals surface area contributed by atoms with Crippen molar-refractivity contribution in [3.8, 4) is 11.5 Å². The first-order valence-corrected chi connectivity index (χ1v) is 14.3. The Morgan fingerprint density at radius 1 is 1.21 bits per heavy atom. The molecule has 1 unspecified atom stereocenters. The zero-order chi connectivity index (χ0) is 31.0. The van der Waals surface area contributed by atoms with Gasteiger partial charge >= 0.3 is 0 Å². The van der Waals surface area contributed by atoms with Gasteiger partial charge in [-0.2, -0.15) is 13.8 Å². The van der Waals surface area contributed by atoms with Crippen molar-refractivity contribution in [3.63, 3.8) is 0 Å². The molecule has 1 aliphatic rings. The molecular formula is C31H37F3N3O4P. The van der Waals surface area contributed by atoms with Gasteiger partial charge < -0.3 is 19.7 Å². The Kier molecular flexibility index (Phi) is 11.3. The van der Waals surface area contributed by atoms with E-state index in [0.29, 0.717) is 24.9 Å². The number of aliphatic imine (C=N–C) groups is 1. The maximum atomic E-state index is 15.0. The summed E-state index contributed by atoms with van der Waals surface area (Å²) in [6.45, 7) is 5.70. The summed E-state index contributed by atoms with van der Waals surface area (Å²) in [5, 5.41) is 2.88. The third-order valence-electron chi connectivity index (χ3n) is 6.55. The quantitative estimate of drug-likeness (QED) is 0.0633. The zero-order valence-corrected chi connectivity index (χ0v) is 25.7. The van der Waals surface area contributed by atoms with Crippen molar-refractivity contribution >= 4 is 32.5 Å². The summed E-state index contributed by atoms with van der Waals surface area (Å²) in [7, 11) is 4.50. The van der Waals surface area contributed by atoms with E-state index in [1.54, 1.807) is 25.3 Å². The minimum Gasteiger partial charge on any atom is -0.495 e. The van der Waals surface area contributed by atoms with E-state index in [0.717, 1.165) is 18.9 Å². The van der Waals surface area contributed by atoms with Gasteiger partial charge in [0.15, 0.2) is 5.78 Å². The number of anilines is 1. The molecule has 0 spiro atoms. The zero-order valence-electron chi connectivity index (χ0n) is 24.5. The van der Waals surface area contributed by atoms with Gasteiger partial charge in [0.25, 0.3) is 11.6 Å². The second kappa shape index (κ2) is 14.5. The lowest BCUT2D eigenvalue weighted by molar-refractivity contribution is 0.0814. The molecule has 0 aliphatic carbocycles. The Morgan fingerprint density at radius 2 is 1.95 bits per heavy atom. The number of rotatable bonds is 13. The van der Waals surface area contributed by atoms with E-state index in [4.69, 9.17) is 9.47 Å². The number of ketones is 1. The number of methoxy groups -OCH3 is 1. The Bertz CT molecular complexity index is 1420. The van der Waals surface area contributed by atoms with Gasteiger partial charge in [-0.3, -0.25) is 9.59 Å². The van der Waals surface area contributed by atoms with Crippen LogP contribution >= 0.6 is 9.24 Å². The highest BCUT2D eigenvalue weighted by atomic mass is 31.0. The van der Waals surface area contributed by atoms with Crippen LogP contribution in [0.5, 0.6) is 11.5 Å². The number of fused-ring (bicyclic) bond motifs is 1. The fourth-order valence-corrected chi connectivity index (χ4v) is 4.59. The average Bonchev–Trinajstić information content (AvgIpc) is 3.22. The maximum absolute atomic E-state index is 15.0. The number of ether oxygens (including phenoxy) is 2. The van der Waals surface area contributed by atoms with E-state index in [2.05, 4.69) is 10.3 Å². The minimum absolute atomic E-state index is 0.0689. The van der Waals surface area contributed by atoms with Gasteiger partial charge in [0.2, 0.25) is 5.88 Å². The standard InChI is InChI=1S/C31H37F3N3O4P/c1-6-8-10-13-22(31(33,34)42)29(41-26-15-11-12-20-18-37(4)30(39)28(20)26)36-19(3)35-24-17-23(32)21(16-27(24)40-5)25(38)14-9-7-2/h10-13,15-17H,6-9,14,18,42H2,1-5H3,(H,35,36)/b13-10-,29-22-. The number of unbranched alkanes of at least 4 members (excludes halogenated alkanes) is 2. The number of amidine groups is 1. The number of benzene rings is 2. The Hall–Kier alpha value is -3.65. The molecule has 0 saturated carbocycles. The van der Waals surface area contributed by atoms with Crippen molar-refractivity contribution in [2.45, 2.75) is 65.1 Å². The minimum atomic E-state index is -3.44. The number of amides is 1. The van der Waals surface area contributed by atoms with Crippen LogP contribution in [0.2, 0.25) is 0 Å². The highest BCUT2D eigenvalue weighted by Gasteiger charge is 2.33. The van der Waals surface area contributed by atoms with Gasteiger partial charge in [0, 0.05) is 26.1 Å². The lowest BCUT2D eigenvalue weighted by Crippen LogP contribution is -2.19. The molecule has 3 rings (SSSR count). The lowest BCUT2D eigenvalue weighted by atomic mass is 10.0. The molecule has 2 aromatic carbocycles. The number of nitrogens with zero attached hydrogens (tertiary/aromatic N) is 2. The predicted molar refractivity (Wildman–Crippen MR) is 162 cm³/mol. The number of hydrogen-bond donors (Lipinski definition) is 1. The molecule has 2 aromatic rings. The molecular weight excluding hydrogens is 566 g/mol. The molecule has 1 amide bonds. The third-order valence-corrected chi connectivity index (χ3v) is 6.86. The molecule has 226 valence electrons. The van der Waals surface area contributed by atoms with Crippen LogP contribution in [0.25, 0.3) is 0 Å². The highest BCUT2D eigenvalue weighted by molar-refractivity contribution is 7.18. The molecule has 0 radical (unpaired) electrons. The number of halogens is 3. The van der Waals surface area contributed by atoms with Crippen LogP contribution < -0.4 is 14.8 Å². The average molecular weight is 604 g/mol. The van der Waals surface area contributed by atoms with Crippen molar-refractivity contribution in [2.24, 2.45) is 4.99 Å². The summed E-state index contributed by atoms with van der Waals surface area (Å²) < 4.78 is 56.2. The van der Waals surface area contributed by atoms with Crippen molar-refractivity contribution < 1.29 is 32.2 Å². The molecule has 42 heavy (non-hydrogen) atoms. The van der Waals surface area contributed by atoms with E-state index in [1.165, 1.54) is 46.4 Å². The van der Waals surface area contributed by atoms with Gasteiger partial charge in [-0.25, -0.2) is 4.39 Å². The second-order valence-corrected chi connectivity index (χ2v) is 10.7. The first-order valence-electron chi connectivity index (χ1n) is 13.8. The summed E-state index contributed by atoms with van der Waals surface area (Å²) in [6.07, 6.45) is 5.74. The van der Waals surface area contributed by atoms with E-state index in [1.807, 2.05) is 13.8 Å². The first kappa shape index (κ1) is 32.9. The summed E-state index contributed by atoms with van der Waals surface area (Å²) in [5.41, 5.74) is -2.95. The lowest BCUT2D eigenvalue weighted by Gasteiger charge is -2.18. The number of Topliss-reactive ketones (excluding diaryl/α,β-unsaturated/α-hetero) is 1. The fraction of sp³-hybridized carbons (Fsp3) is 0.387. The summed E-state index contributed by atoms with van der Waals surface area (Å²) in [4.78, 5) is 31.1. The van der Waals surface area contributed by atoms with Crippen LogP contribution in [0, 0.1) is 5.82 Å². The number of allylic oxidation sites excluding steroid dienone is 3. The van der Waals surface area contributed by atoms with E-state index < -0.39 is 22.9 Å². The molecule has 0 fully saturated rings. The predicted octanol–water partition coefficient (Wildman–Crippen LogP) is 7.74.